The van der Waals surface area contributed by atoms with Crippen LogP contribution in [0.2, 0.25) is 0 Å². The quantitative estimate of drug-likeness (QED) is 0.0299. The minimum absolute atomic E-state index is 0.0188. The molecule has 133 heavy (non-hydrogen) atoms. The van der Waals surface area contributed by atoms with Crippen LogP contribution in [-0.2, 0) is 50.0 Å². The van der Waals surface area contributed by atoms with Crippen LogP contribution in [0.5, 0.6) is 6.01 Å². The summed E-state index contributed by atoms with van der Waals surface area (Å²) in [5.74, 6) is -2.83. The minimum Gasteiger partial charge on any atom is -0.463 e. The van der Waals surface area contributed by atoms with Crippen molar-refractivity contribution in [3.8, 4) is 34.9 Å². The number of nitrogens with zero attached hydrogens (tertiary/aromatic N) is 9. The molecule has 0 radical (unpaired) electrons. The summed E-state index contributed by atoms with van der Waals surface area (Å²) >= 11 is 12.8. The molecule has 0 unspecified atom stereocenters. The smallest absolute Gasteiger partial charge is 0.414 e. The van der Waals surface area contributed by atoms with Crippen molar-refractivity contribution in [3.05, 3.63) is 216 Å². The van der Waals surface area contributed by atoms with Crippen molar-refractivity contribution >= 4 is 261 Å². The topological polar surface area (TPSA) is 527 Å². The summed E-state index contributed by atoms with van der Waals surface area (Å²) in [6, 6.07) is 41.4. The molecule has 682 valence electrons. The largest absolute Gasteiger partial charge is 0.463 e. The van der Waals surface area contributed by atoms with Gasteiger partial charge in [-0.15, -0.1) is 124 Å². The lowest BCUT2D eigenvalue weighted by atomic mass is 10.1. The molecule has 37 nitrogen and oxygen atoms in total. The first-order valence-electron chi connectivity index (χ1n) is 39.8. The van der Waals surface area contributed by atoms with E-state index >= 15 is 0 Å². The number of thiazole rings is 3. The third-order valence-corrected chi connectivity index (χ3v) is 30.2. The monoisotopic (exact) mass is 2000 g/mol. The molecule has 13 heterocycles. The van der Waals surface area contributed by atoms with E-state index in [2.05, 4.69) is 87.6 Å². The third kappa shape index (κ3) is 23.4. The number of thiophene rings is 7. The van der Waals surface area contributed by atoms with Crippen molar-refractivity contribution in [1.29, 1.82) is 5.26 Å². The Morgan fingerprint density at radius 2 is 1.01 bits per heavy atom. The summed E-state index contributed by atoms with van der Waals surface area (Å²) in [5, 5.41) is 53.5. The number of nitriles is 1. The first-order chi connectivity index (χ1) is 64.1. The molecule has 0 saturated heterocycles. The lowest BCUT2D eigenvalue weighted by Gasteiger charge is -2.24. The average molecular weight is 2000 g/mol. The summed E-state index contributed by atoms with van der Waals surface area (Å²) in [6.45, 7) is 9.87. The highest BCUT2D eigenvalue weighted by atomic mass is 32.2. The number of benzene rings is 4. The average Bonchev–Trinajstić information content (AvgIpc) is 1.60. The van der Waals surface area contributed by atoms with Gasteiger partial charge in [-0.3, -0.25) is 59.4 Å². The zero-order chi connectivity index (χ0) is 94.1. The van der Waals surface area contributed by atoms with Gasteiger partial charge in [0.1, 0.15) is 36.0 Å². The Balaban J connectivity index is 0.000000134. The van der Waals surface area contributed by atoms with E-state index in [0.29, 0.717) is 87.4 Å². The number of carbonyl (C=O) groups excluding carboxylic acids is 11. The Morgan fingerprint density at radius 3 is 1.55 bits per heavy atom. The molecule has 12 aromatic heterocycles. The van der Waals surface area contributed by atoms with Gasteiger partial charge in [-0.05, 0) is 171 Å². The van der Waals surface area contributed by atoms with E-state index in [9.17, 15) is 66.4 Å². The number of alkyl carbamates (subject to hydrolysis) is 3. The standard InChI is InChI=1S/C20H18N2O4S2.C18H14N4O4S2.C17H19N3O6S3.C16H13N5O2S2.C14H9N5O2S2/c1-2-26-20(25)22-18(24)16-12-7-5-9-14(12)28-19(16)21-17(23)15-10-11-6-3-4-8-13(11)27-15;1-3-26-18(25)22-14(23)13-9(2)12(8-19)28-16(13)21-15(24)17-20-10-6-4-5-7-11(10)27-17;1-3-26-17(23)19-14(21)11-5-7-27-16(11)18-15(22)12-8-10-4-6-20(29(2,24)25)9-13(10)28-12;1-2-23-16-18-12(20-21-16)9-7-8-24-14(9)19-13(22)15-17-10-5-3-4-6-11(10)25-15;15-14-19-18-11(21-14)7-5-6-22-12(7)17-10(20)13-16-8-3-1-2-4-9(8)23-13/h3-4,6,8,10H,2,5,7,9H2,1H3,(H,21,23)(H,22,24,25);4-7H,3H2,1-2H3,(H,21,24)(H,22,23,25);5,7-8H,3-4,6,9H2,1-2H3,(H,18,22)(H,19,21,23);3-8H,2H2,1H3,(H,19,22)(H,18,20,21);1-6H,(H2,15,19)(H,17,20). The normalized spacial score (nSPS) is 11.9. The number of H-pyrrole nitrogens is 1. The van der Waals surface area contributed by atoms with Crippen LogP contribution in [0.1, 0.15) is 145 Å². The molecule has 0 saturated carbocycles. The zero-order valence-corrected chi connectivity index (χ0v) is 79.4. The number of hydrogen-bond donors (Lipinski definition) is 10. The van der Waals surface area contributed by atoms with Gasteiger partial charge in [-0.25, -0.2) is 37.8 Å². The molecule has 11 N–H and O–H groups in total. The predicted octanol–water partition coefficient (Wildman–Crippen LogP) is 17.6. The molecule has 18 rings (SSSR count). The fourth-order valence-electron chi connectivity index (χ4n) is 12.8. The summed E-state index contributed by atoms with van der Waals surface area (Å²) in [5.41, 5.74) is 12.0. The molecule has 48 heteroatoms. The van der Waals surface area contributed by atoms with Gasteiger partial charge < -0.3 is 55.7 Å². The van der Waals surface area contributed by atoms with Crippen LogP contribution >= 0.6 is 113 Å². The summed E-state index contributed by atoms with van der Waals surface area (Å²) < 4.78 is 53.4. The number of rotatable bonds is 21. The van der Waals surface area contributed by atoms with Crippen molar-refractivity contribution in [2.24, 2.45) is 0 Å². The van der Waals surface area contributed by atoms with Crippen molar-refractivity contribution in [2.45, 2.75) is 66.8 Å². The van der Waals surface area contributed by atoms with E-state index in [-0.39, 0.29) is 88.0 Å². The van der Waals surface area contributed by atoms with Crippen LogP contribution in [0, 0.1) is 18.3 Å². The van der Waals surface area contributed by atoms with Gasteiger partial charge >= 0.3 is 30.3 Å². The molecule has 0 spiro atoms. The maximum absolute atomic E-state index is 12.8. The van der Waals surface area contributed by atoms with Crippen molar-refractivity contribution in [1.82, 2.24) is 60.6 Å². The molecule has 0 bridgehead atoms. The number of carbonyl (C=O) groups is 11. The lowest BCUT2D eigenvalue weighted by molar-refractivity contribution is 0.0911. The first-order valence-corrected chi connectivity index (χ1v) is 50.0. The lowest BCUT2D eigenvalue weighted by Crippen LogP contribution is -2.34. The highest BCUT2D eigenvalue weighted by Crippen LogP contribution is 2.42. The Labute approximate surface area is 794 Å². The van der Waals surface area contributed by atoms with Crippen LogP contribution in [0.15, 0.2) is 148 Å². The predicted molar refractivity (Wildman–Crippen MR) is 515 cm³/mol. The number of nitrogen functional groups attached to an aromatic ring is 1. The van der Waals surface area contributed by atoms with Gasteiger partial charge in [0.15, 0.2) is 20.8 Å². The van der Waals surface area contributed by atoms with Crippen molar-refractivity contribution in [2.75, 3.05) is 71.5 Å². The number of aryl methyl sites for hydroxylation is 1. The van der Waals surface area contributed by atoms with E-state index in [4.69, 9.17) is 24.4 Å². The Morgan fingerprint density at radius 1 is 0.511 bits per heavy atom. The van der Waals surface area contributed by atoms with E-state index in [0.717, 1.165) is 104 Å². The maximum Gasteiger partial charge on any atom is 0.414 e. The second-order valence-corrected chi connectivity index (χ2v) is 39.7. The highest BCUT2D eigenvalue weighted by molar-refractivity contribution is 7.88. The number of imide groups is 3. The number of anilines is 6. The maximum atomic E-state index is 12.8. The number of nitrogens with two attached hydrogens (primary N) is 1. The van der Waals surface area contributed by atoms with Crippen molar-refractivity contribution in [3.63, 3.8) is 0 Å². The fourth-order valence-corrected chi connectivity index (χ4v) is 23.0. The molecule has 4 aromatic carbocycles. The Kier molecular flexibility index (Phi) is 31.1. The number of para-hydroxylation sites is 3. The van der Waals surface area contributed by atoms with Crippen LogP contribution in [0.4, 0.5) is 45.4 Å². The van der Waals surface area contributed by atoms with E-state index in [1.807, 2.05) is 127 Å². The molecule has 2 aliphatic rings. The van der Waals surface area contributed by atoms with E-state index in [1.54, 1.807) is 51.3 Å². The Hall–Kier alpha value is -13.8. The number of aromatic nitrogens is 8. The van der Waals surface area contributed by atoms with Crippen LogP contribution in [-0.4, -0.2) is 158 Å². The number of ether oxygens (including phenoxy) is 4. The number of nitrogens with one attached hydrogen (secondary N) is 9. The van der Waals surface area contributed by atoms with Gasteiger partial charge in [0, 0.05) is 27.5 Å². The fraction of sp³-hybridized carbons (Fsp3) is 0.188. The van der Waals surface area contributed by atoms with Crippen LogP contribution in [0.3, 0.4) is 0 Å². The molecule has 1 aliphatic heterocycles. The number of aromatic amines is 1. The highest BCUT2D eigenvalue weighted by Gasteiger charge is 2.33. The summed E-state index contributed by atoms with van der Waals surface area (Å²) in [7, 11) is -3.29. The molecular weight excluding hydrogens is 1930 g/mol. The SMILES string of the molecule is CCOC(=O)NC(=O)c1c(NC(=O)c2cc3ccccc3s2)sc2c1CCC2.CCOC(=O)NC(=O)c1c(NC(=O)c2nc3ccccc3s2)sc(C#N)c1C.CCOC(=O)NC(=O)c1ccsc1NC(=O)c1cc2c(s1)CN(S(C)(=O)=O)CC2.CCOc1n[nH]c(-c2ccsc2NC(=O)c2nc3ccccc3s2)n1.Nc1nnc(-c2ccsc2NC(=O)c2nc3ccccc3s2)o1. The number of amides is 11. The minimum atomic E-state index is -3.29. The van der Waals surface area contributed by atoms with Crippen molar-refractivity contribution < 1.29 is 84.5 Å². The Bertz CT molecular complexity index is 7110. The van der Waals surface area contributed by atoms with Gasteiger partial charge in [0.25, 0.3) is 53.1 Å². The molecule has 11 amide bonds. The van der Waals surface area contributed by atoms with Gasteiger partial charge in [-0.1, -0.05) is 59.7 Å². The number of fused-ring (bicyclic) bond motifs is 6. The second kappa shape index (κ2) is 43.5. The summed E-state index contributed by atoms with van der Waals surface area (Å²) in [4.78, 5) is 156. The van der Waals surface area contributed by atoms with Gasteiger partial charge in [-0.2, -0.15) is 14.6 Å². The second-order valence-electron chi connectivity index (χ2n) is 27.6. The molecule has 0 fully saturated rings. The van der Waals surface area contributed by atoms with Gasteiger partial charge in [0.05, 0.1) is 101 Å². The van der Waals surface area contributed by atoms with Crippen LogP contribution < -0.4 is 53.0 Å². The first kappa shape index (κ1) is 95.3. The number of hydrogen-bond acceptors (Lipinski definition) is 37. The molecule has 1 aliphatic carbocycles. The molecule has 16 aromatic rings. The molecule has 0 atom stereocenters. The molecular formula is C85H73N19O18S11. The van der Waals surface area contributed by atoms with Gasteiger partial charge in [0.2, 0.25) is 10.0 Å². The van der Waals surface area contributed by atoms with Crippen LogP contribution in [0.25, 0.3) is 63.6 Å². The number of sulfonamides is 1. The third-order valence-electron chi connectivity index (χ3n) is 18.8. The van der Waals surface area contributed by atoms with E-state index in [1.165, 1.54) is 107 Å². The van der Waals surface area contributed by atoms with E-state index < -0.39 is 57.8 Å². The zero-order valence-electron chi connectivity index (χ0n) is 70.4. The summed E-state index contributed by atoms with van der Waals surface area (Å²) in [6.07, 6.45) is 1.76.